The van der Waals surface area contributed by atoms with E-state index in [-0.39, 0.29) is 5.92 Å². The van der Waals surface area contributed by atoms with E-state index in [9.17, 15) is 4.79 Å². The van der Waals surface area contributed by atoms with Crippen LogP contribution in [-0.2, 0) is 4.79 Å². The van der Waals surface area contributed by atoms with Crippen LogP contribution in [0, 0.1) is 12.8 Å². The number of benzene rings is 1. The average Bonchev–Trinajstić information content (AvgIpc) is 2.69. The zero-order valence-electron chi connectivity index (χ0n) is 16.8. The van der Waals surface area contributed by atoms with Gasteiger partial charge in [-0.2, -0.15) is 0 Å². The van der Waals surface area contributed by atoms with Gasteiger partial charge in [-0.3, -0.25) is 4.79 Å². The maximum Gasteiger partial charge on any atom is 0.225 e. The Morgan fingerprint density at radius 2 is 1.93 bits per heavy atom. The summed E-state index contributed by atoms with van der Waals surface area (Å²) in [6.45, 7) is 7.78. The second-order valence-electron chi connectivity index (χ2n) is 7.27. The van der Waals surface area contributed by atoms with Gasteiger partial charge in [0.05, 0.1) is 23.8 Å². The topological polar surface area (TPSA) is 67.4 Å². The number of fused-ring (bicyclic) bond motifs is 1. The first-order chi connectivity index (χ1) is 13.0. The minimum absolute atomic E-state index is 0.167. The van der Waals surface area contributed by atoms with E-state index in [1.807, 2.05) is 30.0 Å². The van der Waals surface area contributed by atoms with Crippen LogP contribution in [0.3, 0.4) is 0 Å². The first-order valence-corrected chi connectivity index (χ1v) is 9.93. The lowest BCUT2D eigenvalue weighted by molar-refractivity contribution is -0.136. The molecule has 2 heterocycles. The normalized spacial score (nSPS) is 15.4. The maximum atomic E-state index is 12.6. The van der Waals surface area contributed by atoms with Crippen molar-refractivity contribution in [3.63, 3.8) is 0 Å². The minimum atomic E-state index is 0.167. The van der Waals surface area contributed by atoms with Crippen LogP contribution in [0.2, 0.25) is 0 Å². The molecular formula is C21H30N4O2. The summed E-state index contributed by atoms with van der Waals surface area (Å²) in [4.78, 5) is 24.0. The Morgan fingerprint density at radius 1 is 1.22 bits per heavy atom. The fourth-order valence-corrected chi connectivity index (χ4v) is 3.72. The first kappa shape index (κ1) is 19.4. The third-order valence-corrected chi connectivity index (χ3v) is 5.53. The van der Waals surface area contributed by atoms with Crippen molar-refractivity contribution in [2.24, 2.45) is 5.92 Å². The summed E-state index contributed by atoms with van der Waals surface area (Å²) in [5.41, 5.74) is 2.57. The van der Waals surface area contributed by atoms with E-state index in [1.54, 1.807) is 7.11 Å². The number of amides is 1. The maximum absolute atomic E-state index is 12.6. The smallest absolute Gasteiger partial charge is 0.225 e. The molecule has 0 unspecified atom stereocenters. The lowest BCUT2D eigenvalue weighted by atomic mass is 9.98. The molecule has 1 aliphatic rings. The van der Waals surface area contributed by atoms with Gasteiger partial charge in [-0.15, -0.1) is 0 Å². The molecule has 0 spiro atoms. The van der Waals surface area contributed by atoms with E-state index in [1.165, 1.54) is 0 Å². The number of rotatable bonds is 6. The van der Waals surface area contributed by atoms with Crippen molar-refractivity contribution in [3.8, 4) is 5.75 Å². The van der Waals surface area contributed by atoms with Gasteiger partial charge < -0.3 is 15.0 Å². The Balaban J connectivity index is 1.65. The van der Waals surface area contributed by atoms with Gasteiger partial charge in [0.1, 0.15) is 11.6 Å². The molecule has 1 aromatic heterocycles. The molecule has 6 nitrogen and oxygen atoms in total. The van der Waals surface area contributed by atoms with Crippen LogP contribution in [-0.4, -0.2) is 47.0 Å². The predicted octanol–water partition coefficient (Wildman–Crippen LogP) is 3.79. The number of nitrogens with zero attached hydrogens (tertiary/aromatic N) is 3. The van der Waals surface area contributed by atoms with E-state index < -0.39 is 0 Å². The molecule has 1 aromatic carbocycles. The summed E-state index contributed by atoms with van der Waals surface area (Å²) in [6.07, 6.45) is 3.72. The quantitative estimate of drug-likeness (QED) is 0.838. The Kier molecular flexibility index (Phi) is 6.14. The van der Waals surface area contributed by atoms with E-state index in [0.717, 1.165) is 67.1 Å². The largest absolute Gasteiger partial charge is 0.497 e. The number of aromatic nitrogens is 2. The summed E-state index contributed by atoms with van der Waals surface area (Å²) in [6, 6.07) is 6.06. The van der Waals surface area contributed by atoms with Crippen molar-refractivity contribution >= 4 is 22.8 Å². The van der Waals surface area contributed by atoms with Crippen molar-refractivity contribution in [3.05, 3.63) is 23.9 Å². The molecule has 27 heavy (non-hydrogen) atoms. The number of piperidine rings is 1. The SMILES string of the molecule is CCC(CC)C(=O)N1CCC(Nc2nc3ccc(OC)cc3nc2C)CC1. The van der Waals surface area contributed by atoms with Gasteiger partial charge in [-0.25, -0.2) is 9.97 Å². The van der Waals surface area contributed by atoms with Gasteiger partial charge in [0.2, 0.25) is 5.91 Å². The van der Waals surface area contributed by atoms with E-state index in [0.29, 0.717) is 11.9 Å². The Hall–Kier alpha value is -2.37. The van der Waals surface area contributed by atoms with Crippen LogP contribution >= 0.6 is 0 Å². The standard InChI is InChI=1S/C21H30N4O2/c1-5-15(6-2)21(26)25-11-9-16(10-12-25)23-20-14(3)22-19-13-17(27-4)7-8-18(19)24-20/h7-8,13,15-16H,5-6,9-12H2,1-4H3,(H,23,24). The molecule has 1 saturated heterocycles. The number of anilines is 1. The fourth-order valence-electron chi connectivity index (χ4n) is 3.72. The third-order valence-electron chi connectivity index (χ3n) is 5.53. The number of aryl methyl sites for hydroxylation is 1. The Labute approximate surface area is 161 Å². The number of hydrogen-bond donors (Lipinski definition) is 1. The Morgan fingerprint density at radius 3 is 2.56 bits per heavy atom. The van der Waals surface area contributed by atoms with Crippen LogP contribution in [0.15, 0.2) is 18.2 Å². The number of likely N-dealkylation sites (tertiary alicyclic amines) is 1. The van der Waals surface area contributed by atoms with Crippen LogP contribution < -0.4 is 10.1 Å². The highest BCUT2D eigenvalue weighted by atomic mass is 16.5. The zero-order valence-corrected chi connectivity index (χ0v) is 16.8. The first-order valence-electron chi connectivity index (χ1n) is 9.93. The van der Waals surface area contributed by atoms with Gasteiger partial charge in [0, 0.05) is 31.1 Å². The molecule has 2 aromatic rings. The molecule has 6 heteroatoms. The zero-order chi connectivity index (χ0) is 19.4. The summed E-state index contributed by atoms with van der Waals surface area (Å²) in [5.74, 6) is 2.10. The number of nitrogens with one attached hydrogen (secondary N) is 1. The summed E-state index contributed by atoms with van der Waals surface area (Å²) < 4.78 is 5.26. The molecule has 0 atom stereocenters. The van der Waals surface area contributed by atoms with Crippen molar-refractivity contribution in [1.82, 2.24) is 14.9 Å². The lowest BCUT2D eigenvalue weighted by Gasteiger charge is -2.34. The molecular weight excluding hydrogens is 340 g/mol. The molecule has 0 bridgehead atoms. The molecule has 1 N–H and O–H groups in total. The van der Waals surface area contributed by atoms with Crippen molar-refractivity contribution in [2.45, 2.75) is 52.5 Å². The summed E-state index contributed by atoms with van der Waals surface area (Å²) in [7, 11) is 1.65. The highest BCUT2D eigenvalue weighted by Crippen LogP contribution is 2.24. The van der Waals surface area contributed by atoms with Crippen LogP contribution in [0.4, 0.5) is 5.82 Å². The highest BCUT2D eigenvalue weighted by molar-refractivity contribution is 5.79. The van der Waals surface area contributed by atoms with Gasteiger partial charge in [-0.1, -0.05) is 13.8 Å². The Bertz CT molecular complexity index is 796. The molecule has 3 rings (SSSR count). The fraction of sp³-hybridized carbons (Fsp3) is 0.571. The van der Waals surface area contributed by atoms with Crippen molar-refractivity contribution in [2.75, 3.05) is 25.5 Å². The lowest BCUT2D eigenvalue weighted by Crippen LogP contribution is -2.44. The van der Waals surface area contributed by atoms with E-state index in [4.69, 9.17) is 9.72 Å². The summed E-state index contributed by atoms with van der Waals surface area (Å²) >= 11 is 0. The number of hydrogen-bond acceptors (Lipinski definition) is 5. The number of carbonyl (C=O) groups is 1. The van der Waals surface area contributed by atoms with Crippen LogP contribution in [0.25, 0.3) is 11.0 Å². The van der Waals surface area contributed by atoms with Gasteiger partial charge in [-0.05, 0) is 44.7 Å². The number of methoxy groups -OCH3 is 1. The van der Waals surface area contributed by atoms with Crippen molar-refractivity contribution < 1.29 is 9.53 Å². The van der Waals surface area contributed by atoms with Crippen molar-refractivity contribution in [1.29, 1.82) is 0 Å². The molecule has 1 aliphatic heterocycles. The third kappa shape index (κ3) is 4.31. The second kappa shape index (κ2) is 8.55. The van der Waals surface area contributed by atoms with Gasteiger partial charge in [0.25, 0.3) is 0 Å². The highest BCUT2D eigenvalue weighted by Gasteiger charge is 2.26. The van der Waals surface area contributed by atoms with Crippen LogP contribution in [0.1, 0.15) is 45.2 Å². The molecule has 0 aliphatic carbocycles. The van der Waals surface area contributed by atoms with E-state index >= 15 is 0 Å². The molecule has 1 fully saturated rings. The molecule has 1 amide bonds. The molecule has 146 valence electrons. The second-order valence-corrected chi connectivity index (χ2v) is 7.27. The number of ether oxygens (including phenoxy) is 1. The monoisotopic (exact) mass is 370 g/mol. The van der Waals surface area contributed by atoms with Gasteiger partial charge >= 0.3 is 0 Å². The van der Waals surface area contributed by atoms with E-state index in [2.05, 4.69) is 24.1 Å². The molecule has 0 saturated carbocycles. The average molecular weight is 370 g/mol. The van der Waals surface area contributed by atoms with Gasteiger partial charge in [0.15, 0.2) is 0 Å². The summed E-state index contributed by atoms with van der Waals surface area (Å²) in [5, 5.41) is 3.54. The number of carbonyl (C=O) groups excluding carboxylic acids is 1. The minimum Gasteiger partial charge on any atom is -0.497 e. The van der Waals surface area contributed by atoms with Crippen LogP contribution in [0.5, 0.6) is 5.75 Å². The predicted molar refractivity (Wildman–Crippen MR) is 108 cm³/mol. The molecule has 0 radical (unpaired) electrons.